The van der Waals surface area contributed by atoms with Gasteiger partial charge >= 0.3 is 0 Å². The highest BCUT2D eigenvalue weighted by Gasteiger charge is 2.12. The summed E-state index contributed by atoms with van der Waals surface area (Å²) >= 11 is 1.47. The Morgan fingerprint density at radius 1 is 1.20 bits per heavy atom. The van der Waals surface area contributed by atoms with Gasteiger partial charge in [0.15, 0.2) is 5.82 Å². The summed E-state index contributed by atoms with van der Waals surface area (Å²) in [6, 6.07) is 13.4. The summed E-state index contributed by atoms with van der Waals surface area (Å²) in [4.78, 5) is 17.5. The molecular weight excluding hydrogens is 341 g/mol. The van der Waals surface area contributed by atoms with Crippen molar-refractivity contribution in [3.8, 4) is 0 Å². The molecule has 0 spiro atoms. The number of amides is 1. The fourth-order valence-electron chi connectivity index (χ4n) is 2.20. The van der Waals surface area contributed by atoms with Crippen molar-refractivity contribution in [2.45, 2.75) is 24.1 Å². The standard InChI is InChI=1S/C18H16FN3O2S/c1-12-21-17(22-24-12)11-25-16-5-3-2-4-15(16)18(23)20-10-13-6-8-14(19)9-7-13/h2-9H,10-11H2,1H3,(H,20,23). The van der Waals surface area contributed by atoms with Crippen molar-refractivity contribution in [2.75, 3.05) is 0 Å². The number of nitrogens with one attached hydrogen (secondary N) is 1. The number of benzene rings is 2. The van der Waals surface area contributed by atoms with Crippen LogP contribution >= 0.6 is 11.8 Å². The van der Waals surface area contributed by atoms with E-state index in [1.54, 1.807) is 25.1 Å². The fourth-order valence-corrected chi connectivity index (χ4v) is 3.10. The van der Waals surface area contributed by atoms with Crippen molar-refractivity contribution < 1.29 is 13.7 Å². The second-order valence-electron chi connectivity index (χ2n) is 5.32. The highest BCUT2D eigenvalue weighted by molar-refractivity contribution is 7.98. The number of carbonyl (C=O) groups excluding carboxylic acids is 1. The van der Waals surface area contributed by atoms with Gasteiger partial charge in [-0.3, -0.25) is 4.79 Å². The molecule has 1 amide bonds. The maximum absolute atomic E-state index is 12.9. The van der Waals surface area contributed by atoms with Gasteiger partial charge in [-0.2, -0.15) is 4.98 Å². The Morgan fingerprint density at radius 2 is 1.96 bits per heavy atom. The molecule has 0 bridgehead atoms. The van der Waals surface area contributed by atoms with Crippen LogP contribution in [0.15, 0.2) is 57.9 Å². The highest BCUT2D eigenvalue weighted by Crippen LogP contribution is 2.25. The van der Waals surface area contributed by atoms with E-state index in [1.165, 1.54) is 23.9 Å². The first-order valence-electron chi connectivity index (χ1n) is 7.65. The zero-order chi connectivity index (χ0) is 17.6. The first-order valence-corrected chi connectivity index (χ1v) is 8.64. The van der Waals surface area contributed by atoms with Gasteiger partial charge in [0.25, 0.3) is 5.91 Å². The van der Waals surface area contributed by atoms with Gasteiger partial charge < -0.3 is 9.84 Å². The lowest BCUT2D eigenvalue weighted by molar-refractivity contribution is 0.0948. The Hall–Kier alpha value is -2.67. The van der Waals surface area contributed by atoms with Crippen molar-refractivity contribution in [3.05, 3.63) is 77.2 Å². The van der Waals surface area contributed by atoms with Crippen molar-refractivity contribution >= 4 is 17.7 Å². The number of carbonyl (C=O) groups is 1. The molecule has 0 fully saturated rings. The zero-order valence-electron chi connectivity index (χ0n) is 13.5. The predicted octanol–water partition coefficient (Wildman–Crippen LogP) is 3.74. The third kappa shape index (κ3) is 4.67. The monoisotopic (exact) mass is 357 g/mol. The molecule has 1 N–H and O–H groups in total. The summed E-state index contributed by atoms with van der Waals surface area (Å²) < 4.78 is 17.9. The summed E-state index contributed by atoms with van der Waals surface area (Å²) in [6.45, 7) is 2.07. The van der Waals surface area contributed by atoms with Gasteiger partial charge in [-0.25, -0.2) is 4.39 Å². The number of aryl methyl sites for hydroxylation is 1. The molecule has 2 aromatic carbocycles. The van der Waals surface area contributed by atoms with Crippen molar-refractivity contribution in [3.63, 3.8) is 0 Å². The van der Waals surface area contributed by atoms with E-state index < -0.39 is 0 Å². The molecule has 3 aromatic rings. The van der Waals surface area contributed by atoms with Crippen LogP contribution in [0.3, 0.4) is 0 Å². The molecule has 1 heterocycles. The van der Waals surface area contributed by atoms with Crippen molar-refractivity contribution in [2.24, 2.45) is 0 Å². The molecule has 0 unspecified atom stereocenters. The Balaban J connectivity index is 1.64. The first kappa shape index (κ1) is 17.2. The maximum atomic E-state index is 12.9. The van der Waals surface area contributed by atoms with Gasteiger partial charge in [0.1, 0.15) is 5.82 Å². The van der Waals surface area contributed by atoms with E-state index in [1.807, 2.05) is 18.2 Å². The molecule has 5 nitrogen and oxygen atoms in total. The summed E-state index contributed by atoms with van der Waals surface area (Å²) in [7, 11) is 0. The van der Waals surface area contributed by atoms with Gasteiger partial charge in [-0.05, 0) is 29.8 Å². The largest absolute Gasteiger partial charge is 0.348 e. The molecule has 7 heteroatoms. The number of rotatable bonds is 6. The minimum absolute atomic E-state index is 0.184. The van der Waals surface area contributed by atoms with Crippen LogP contribution in [-0.4, -0.2) is 16.0 Å². The van der Waals surface area contributed by atoms with E-state index >= 15 is 0 Å². The lowest BCUT2D eigenvalue weighted by Gasteiger charge is -2.09. The molecular formula is C18H16FN3O2S. The number of hydrogen-bond acceptors (Lipinski definition) is 5. The Kier molecular flexibility index (Phi) is 5.45. The Labute approximate surface area is 148 Å². The van der Waals surface area contributed by atoms with E-state index in [0.29, 0.717) is 29.6 Å². The van der Waals surface area contributed by atoms with Gasteiger partial charge in [0.05, 0.1) is 11.3 Å². The molecule has 128 valence electrons. The zero-order valence-corrected chi connectivity index (χ0v) is 14.3. The van der Waals surface area contributed by atoms with Gasteiger partial charge in [-0.15, -0.1) is 11.8 Å². The van der Waals surface area contributed by atoms with Crippen LogP contribution in [0.1, 0.15) is 27.6 Å². The Bertz CT molecular complexity index is 865. The number of thioether (sulfide) groups is 1. The number of halogens is 1. The molecule has 25 heavy (non-hydrogen) atoms. The summed E-state index contributed by atoms with van der Waals surface area (Å²) in [5, 5.41) is 6.70. The summed E-state index contributed by atoms with van der Waals surface area (Å²) in [5.41, 5.74) is 1.41. The van der Waals surface area contributed by atoms with Crippen molar-refractivity contribution in [1.29, 1.82) is 0 Å². The first-order chi connectivity index (χ1) is 12.1. The summed E-state index contributed by atoms with van der Waals surface area (Å²) in [6.07, 6.45) is 0. The highest BCUT2D eigenvalue weighted by atomic mass is 32.2. The van der Waals surface area contributed by atoms with Crippen LogP contribution in [0.25, 0.3) is 0 Å². The third-order valence-electron chi connectivity index (χ3n) is 3.42. The average Bonchev–Trinajstić information content (AvgIpc) is 3.05. The molecule has 1 aromatic heterocycles. The van der Waals surface area contributed by atoms with Crippen LogP contribution in [0.4, 0.5) is 4.39 Å². The lowest BCUT2D eigenvalue weighted by atomic mass is 10.2. The average molecular weight is 357 g/mol. The van der Waals surface area contributed by atoms with Crippen molar-refractivity contribution in [1.82, 2.24) is 15.5 Å². The lowest BCUT2D eigenvalue weighted by Crippen LogP contribution is -2.23. The van der Waals surface area contributed by atoms with Gasteiger partial charge in [-0.1, -0.05) is 29.4 Å². The van der Waals surface area contributed by atoms with Gasteiger partial charge in [0.2, 0.25) is 5.89 Å². The van der Waals surface area contributed by atoms with E-state index in [-0.39, 0.29) is 11.7 Å². The van der Waals surface area contributed by atoms with E-state index in [2.05, 4.69) is 15.5 Å². The molecule has 0 aliphatic carbocycles. The van der Waals surface area contributed by atoms with E-state index in [9.17, 15) is 9.18 Å². The molecule has 0 atom stereocenters. The molecule has 3 rings (SSSR count). The number of hydrogen-bond donors (Lipinski definition) is 1. The van der Waals surface area contributed by atoms with Crippen LogP contribution < -0.4 is 5.32 Å². The van der Waals surface area contributed by atoms with Crippen LogP contribution in [0.2, 0.25) is 0 Å². The Morgan fingerprint density at radius 3 is 2.68 bits per heavy atom. The number of aromatic nitrogens is 2. The smallest absolute Gasteiger partial charge is 0.252 e. The predicted molar refractivity (Wildman–Crippen MR) is 92.6 cm³/mol. The minimum atomic E-state index is -0.298. The molecule has 0 saturated heterocycles. The fraction of sp³-hybridized carbons (Fsp3) is 0.167. The minimum Gasteiger partial charge on any atom is -0.348 e. The molecule has 0 aliphatic heterocycles. The molecule has 0 saturated carbocycles. The van der Waals surface area contributed by atoms with E-state index in [4.69, 9.17) is 4.52 Å². The third-order valence-corrected chi connectivity index (χ3v) is 4.49. The molecule has 0 aliphatic rings. The SMILES string of the molecule is Cc1nc(CSc2ccccc2C(=O)NCc2ccc(F)cc2)no1. The quantitative estimate of drug-likeness (QED) is 0.681. The van der Waals surface area contributed by atoms with E-state index in [0.717, 1.165) is 10.5 Å². The molecule has 0 radical (unpaired) electrons. The topological polar surface area (TPSA) is 68.0 Å². The second-order valence-corrected chi connectivity index (χ2v) is 6.34. The normalized spacial score (nSPS) is 10.6. The number of nitrogens with zero attached hydrogens (tertiary/aromatic N) is 2. The maximum Gasteiger partial charge on any atom is 0.252 e. The summed E-state index contributed by atoms with van der Waals surface area (Å²) in [5.74, 6) is 1.13. The second kappa shape index (κ2) is 7.94. The van der Waals surface area contributed by atoms with Crippen LogP contribution in [-0.2, 0) is 12.3 Å². The van der Waals surface area contributed by atoms with Crippen LogP contribution in [0, 0.1) is 12.7 Å². The van der Waals surface area contributed by atoms with Crippen LogP contribution in [0.5, 0.6) is 0 Å². The van der Waals surface area contributed by atoms with Gasteiger partial charge in [0, 0.05) is 18.4 Å².